The molecule has 0 saturated heterocycles. The first-order valence-electron chi connectivity index (χ1n) is 14.3. The highest BCUT2D eigenvalue weighted by molar-refractivity contribution is 8.14. The number of hydrogen-bond acceptors (Lipinski definition) is 8. The van der Waals surface area contributed by atoms with E-state index in [2.05, 4.69) is 36.8 Å². The normalized spacial score (nSPS) is 9.80. The standard InChI is InChI=1S/C37H34O7S/c1-4-35(38)43-27-9-26-42-32-18-12-29(13-19-32)10-5-6-11-30-14-22-34(23-15-30)45-37(40)31-16-20-33(21-17-31)41-24-7-8-25-44-36(39)28(2)3/h4,12-23H,1-2,7-9,24-27H2,3H3. The molecule has 0 N–H and O–H groups in total. The molecule has 3 aromatic rings. The van der Waals surface area contributed by atoms with Crippen LogP contribution < -0.4 is 9.47 Å². The number of unbranched alkanes of at least 4 members (excludes halogenated alkanes) is 1. The average molecular weight is 623 g/mol. The lowest BCUT2D eigenvalue weighted by Crippen LogP contribution is -2.07. The topological polar surface area (TPSA) is 88.1 Å². The first-order chi connectivity index (χ1) is 21.8. The first-order valence-corrected chi connectivity index (χ1v) is 15.1. The van der Waals surface area contributed by atoms with E-state index >= 15 is 0 Å². The fourth-order valence-electron chi connectivity index (χ4n) is 3.46. The van der Waals surface area contributed by atoms with Crippen LogP contribution in [0.25, 0.3) is 0 Å². The van der Waals surface area contributed by atoms with Crippen molar-refractivity contribution in [2.75, 3.05) is 26.4 Å². The van der Waals surface area contributed by atoms with E-state index in [0.29, 0.717) is 55.3 Å². The highest BCUT2D eigenvalue weighted by Crippen LogP contribution is 2.24. The molecule has 3 rings (SSSR count). The van der Waals surface area contributed by atoms with Crippen molar-refractivity contribution in [3.63, 3.8) is 0 Å². The molecule has 0 aliphatic rings. The van der Waals surface area contributed by atoms with Crippen molar-refractivity contribution < 1.29 is 33.3 Å². The molecule has 0 unspecified atom stereocenters. The second-order valence-electron chi connectivity index (χ2n) is 9.51. The molecule has 8 heteroatoms. The Morgan fingerprint density at radius 1 is 0.711 bits per heavy atom. The van der Waals surface area contributed by atoms with E-state index in [4.69, 9.17) is 18.9 Å². The molecule has 0 aliphatic carbocycles. The molecular formula is C37H34O7S. The summed E-state index contributed by atoms with van der Waals surface area (Å²) in [6.07, 6.45) is 3.14. The molecule has 0 atom stereocenters. The molecule has 0 spiro atoms. The predicted octanol–water partition coefficient (Wildman–Crippen LogP) is 6.80. The zero-order valence-corrected chi connectivity index (χ0v) is 26.0. The van der Waals surface area contributed by atoms with Crippen LogP contribution in [0.4, 0.5) is 0 Å². The fraction of sp³-hybridized carbons (Fsp3) is 0.216. The lowest BCUT2D eigenvalue weighted by molar-refractivity contribution is -0.139. The van der Waals surface area contributed by atoms with Gasteiger partial charge in [-0.1, -0.05) is 25.0 Å². The van der Waals surface area contributed by atoms with Crippen molar-refractivity contribution in [1.82, 2.24) is 0 Å². The first kappa shape index (κ1) is 34.3. The van der Waals surface area contributed by atoms with Crippen LogP contribution in [-0.2, 0) is 19.1 Å². The Hall–Kier alpha value is -5.18. The van der Waals surface area contributed by atoms with Crippen molar-refractivity contribution in [3.8, 4) is 35.2 Å². The van der Waals surface area contributed by atoms with Gasteiger partial charge in [0.05, 0.1) is 26.4 Å². The molecule has 0 amide bonds. The Morgan fingerprint density at radius 3 is 1.80 bits per heavy atom. The number of benzene rings is 3. The molecule has 0 radical (unpaired) electrons. The monoisotopic (exact) mass is 622 g/mol. The Kier molecular flexibility index (Phi) is 14.6. The molecule has 0 aromatic heterocycles. The Labute approximate surface area is 268 Å². The van der Waals surface area contributed by atoms with Crippen molar-refractivity contribution in [1.29, 1.82) is 0 Å². The minimum Gasteiger partial charge on any atom is -0.494 e. The van der Waals surface area contributed by atoms with Gasteiger partial charge < -0.3 is 18.9 Å². The minimum absolute atomic E-state index is 0.0731. The van der Waals surface area contributed by atoms with E-state index in [0.717, 1.165) is 40.3 Å². The molecule has 0 fully saturated rings. The van der Waals surface area contributed by atoms with E-state index in [9.17, 15) is 14.4 Å². The molecule has 0 bridgehead atoms. The van der Waals surface area contributed by atoms with E-state index < -0.39 is 5.97 Å². The molecule has 230 valence electrons. The number of esters is 2. The number of rotatable bonds is 15. The Morgan fingerprint density at radius 2 is 1.22 bits per heavy atom. The van der Waals surface area contributed by atoms with Crippen LogP contribution in [0.1, 0.15) is 47.7 Å². The van der Waals surface area contributed by atoms with Gasteiger partial charge in [0.15, 0.2) is 0 Å². The summed E-state index contributed by atoms with van der Waals surface area (Å²) in [5, 5.41) is -0.0731. The summed E-state index contributed by atoms with van der Waals surface area (Å²) in [6, 6.07) is 21.8. The fourth-order valence-corrected chi connectivity index (χ4v) is 4.20. The van der Waals surface area contributed by atoms with Gasteiger partial charge in [0.25, 0.3) is 0 Å². The minimum atomic E-state index is -0.443. The van der Waals surface area contributed by atoms with Gasteiger partial charge in [-0.15, -0.1) is 0 Å². The highest BCUT2D eigenvalue weighted by Gasteiger charge is 2.09. The number of hydrogen-bond donors (Lipinski definition) is 0. The molecule has 7 nitrogen and oxygen atoms in total. The van der Waals surface area contributed by atoms with E-state index in [1.54, 1.807) is 31.2 Å². The molecule has 3 aromatic carbocycles. The largest absolute Gasteiger partial charge is 0.494 e. The Balaban J connectivity index is 1.38. The summed E-state index contributed by atoms with van der Waals surface area (Å²) < 4.78 is 21.3. The highest BCUT2D eigenvalue weighted by atomic mass is 32.2. The van der Waals surface area contributed by atoms with Crippen LogP contribution >= 0.6 is 11.8 Å². The smallest absolute Gasteiger partial charge is 0.333 e. The van der Waals surface area contributed by atoms with Crippen LogP contribution in [0.15, 0.2) is 102 Å². The van der Waals surface area contributed by atoms with Crippen molar-refractivity contribution in [2.45, 2.75) is 31.1 Å². The summed E-state index contributed by atoms with van der Waals surface area (Å²) in [5.74, 6) is 12.3. The quantitative estimate of drug-likeness (QED) is 0.0602. The molecule has 0 aliphatic heterocycles. The van der Waals surface area contributed by atoms with Gasteiger partial charge in [0.1, 0.15) is 11.5 Å². The third-order valence-corrected chi connectivity index (χ3v) is 6.77. The van der Waals surface area contributed by atoms with Crippen molar-refractivity contribution in [3.05, 3.63) is 114 Å². The lowest BCUT2D eigenvalue weighted by atomic mass is 10.2. The van der Waals surface area contributed by atoms with Gasteiger partial charge in [-0.2, -0.15) is 0 Å². The number of ether oxygens (including phenoxy) is 4. The zero-order valence-electron chi connectivity index (χ0n) is 25.1. The third kappa shape index (κ3) is 13.3. The molecule has 45 heavy (non-hydrogen) atoms. The Bertz CT molecular complexity index is 1580. The molecular weight excluding hydrogens is 588 g/mol. The van der Waals surface area contributed by atoms with Gasteiger partial charge in [0, 0.05) is 39.7 Å². The van der Waals surface area contributed by atoms with Gasteiger partial charge in [0.2, 0.25) is 5.12 Å². The van der Waals surface area contributed by atoms with Crippen LogP contribution in [0, 0.1) is 23.7 Å². The third-order valence-electron chi connectivity index (χ3n) is 5.84. The second-order valence-corrected chi connectivity index (χ2v) is 10.6. The van der Waals surface area contributed by atoms with Gasteiger partial charge in [-0.25, -0.2) is 9.59 Å². The van der Waals surface area contributed by atoms with E-state index in [-0.39, 0.29) is 17.7 Å². The van der Waals surface area contributed by atoms with Crippen LogP contribution in [0.3, 0.4) is 0 Å². The van der Waals surface area contributed by atoms with Crippen LogP contribution in [-0.4, -0.2) is 43.5 Å². The predicted molar refractivity (Wildman–Crippen MR) is 175 cm³/mol. The maximum absolute atomic E-state index is 12.7. The second kappa shape index (κ2) is 19.2. The lowest BCUT2D eigenvalue weighted by Gasteiger charge is -2.08. The molecule has 0 heterocycles. The average Bonchev–Trinajstić information content (AvgIpc) is 3.05. The maximum Gasteiger partial charge on any atom is 0.333 e. The van der Waals surface area contributed by atoms with Gasteiger partial charge in [-0.05, 0) is 116 Å². The summed E-state index contributed by atoms with van der Waals surface area (Å²) in [4.78, 5) is 35.9. The number of carbonyl (C=O) groups is 3. The summed E-state index contributed by atoms with van der Waals surface area (Å²) in [7, 11) is 0. The van der Waals surface area contributed by atoms with Crippen molar-refractivity contribution in [2.24, 2.45) is 0 Å². The summed E-state index contributed by atoms with van der Waals surface area (Å²) in [5.41, 5.74) is 2.55. The SMILES string of the molecule is C=CC(=O)OCCCOc1ccc(C#CC#Cc2ccc(SC(=O)c3ccc(OCCCCOC(=O)C(=C)C)cc3)cc2)cc1. The van der Waals surface area contributed by atoms with Gasteiger partial charge in [-0.3, -0.25) is 4.79 Å². The van der Waals surface area contributed by atoms with Crippen molar-refractivity contribution >= 4 is 28.8 Å². The van der Waals surface area contributed by atoms with E-state index in [1.165, 1.54) is 0 Å². The van der Waals surface area contributed by atoms with Crippen LogP contribution in [0.5, 0.6) is 11.5 Å². The molecule has 0 saturated carbocycles. The summed E-state index contributed by atoms with van der Waals surface area (Å²) in [6.45, 7) is 10.0. The van der Waals surface area contributed by atoms with E-state index in [1.807, 2.05) is 48.5 Å². The number of thioether (sulfide) groups is 1. The zero-order chi connectivity index (χ0) is 32.3. The summed E-state index contributed by atoms with van der Waals surface area (Å²) >= 11 is 1.14. The number of carbonyl (C=O) groups excluding carboxylic acids is 3. The van der Waals surface area contributed by atoms with Gasteiger partial charge >= 0.3 is 11.9 Å². The maximum atomic E-state index is 12.7. The van der Waals surface area contributed by atoms with Crippen LogP contribution in [0.2, 0.25) is 0 Å².